The van der Waals surface area contributed by atoms with Crippen LogP contribution in [0.25, 0.3) is 0 Å². The summed E-state index contributed by atoms with van der Waals surface area (Å²) in [5.74, 6) is -0.232. The van der Waals surface area contributed by atoms with Gasteiger partial charge < -0.3 is 10.4 Å². The lowest BCUT2D eigenvalue weighted by Gasteiger charge is -2.27. The normalized spacial score (nSPS) is 23.1. The number of aliphatic carboxylic acids is 1. The number of carbonyl (C=O) groups is 1. The molecule has 19 heavy (non-hydrogen) atoms. The van der Waals surface area contributed by atoms with Gasteiger partial charge in [0.15, 0.2) is 0 Å². The second-order valence-corrected chi connectivity index (χ2v) is 5.25. The molecule has 0 radical (unpaired) electrons. The summed E-state index contributed by atoms with van der Waals surface area (Å²) in [6.07, 6.45) is 5.35. The Morgan fingerprint density at radius 3 is 2.68 bits per heavy atom. The van der Waals surface area contributed by atoms with E-state index in [1.165, 1.54) is 6.33 Å². The average Bonchev–Trinajstić information content (AvgIpc) is 2.42. The van der Waals surface area contributed by atoms with Crippen molar-refractivity contribution in [2.45, 2.75) is 45.1 Å². The number of aromatic nitrogens is 2. The van der Waals surface area contributed by atoms with Gasteiger partial charge in [0.05, 0.1) is 11.6 Å². The molecule has 5 nitrogen and oxygen atoms in total. The van der Waals surface area contributed by atoms with Gasteiger partial charge in [-0.05, 0) is 32.1 Å². The smallest absolute Gasteiger partial charge is 0.306 e. The molecule has 1 fully saturated rings. The van der Waals surface area contributed by atoms with Crippen LogP contribution in [0.5, 0.6) is 0 Å². The molecule has 1 heterocycles. The van der Waals surface area contributed by atoms with E-state index in [-0.39, 0.29) is 12.0 Å². The largest absolute Gasteiger partial charge is 0.481 e. The summed E-state index contributed by atoms with van der Waals surface area (Å²) in [5.41, 5.74) is 0.832. The van der Waals surface area contributed by atoms with Gasteiger partial charge >= 0.3 is 5.97 Å². The molecule has 1 saturated carbocycles. The number of nitrogens with zero attached hydrogens (tertiary/aromatic N) is 2. The van der Waals surface area contributed by atoms with Gasteiger partial charge in [-0.25, -0.2) is 9.97 Å². The van der Waals surface area contributed by atoms with Gasteiger partial charge in [-0.3, -0.25) is 4.79 Å². The molecular formula is C13H18ClN3O2. The Labute approximate surface area is 117 Å². The molecule has 0 spiro atoms. The van der Waals surface area contributed by atoms with Gasteiger partial charge in [0.1, 0.15) is 17.2 Å². The topological polar surface area (TPSA) is 75.1 Å². The number of halogens is 1. The molecule has 104 valence electrons. The van der Waals surface area contributed by atoms with Gasteiger partial charge in [-0.2, -0.15) is 0 Å². The third-order valence-corrected chi connectivity index (χ3v) is 4.01. The summed E-state index contributed by atoms with van der Waals surface area (Å²) in [5, 5.41) is 12.8. The number of carboxylic acids is 1. The number of hydrogen-bond acceptors (Lipinski definition) is 4. The van der Waals surface area contributed by atoms with Crippen LogP contribution in [-0.4, -0.2) is 27.1 Å². The molecule has 1 aliphatic carbocycles. The van der Waals surface area contributed by atoms with Crippen molar-refractivity contribution in [3.63, 3.8) is 0 Å². The third kappa shape index (κ3) is 3.35. The minimum Gasteiger partial charge on any atom is -0.481 e. The van der Waals surface area contributed by atoms with E-state index in [4.69, 9.17) is 16.7 Å². The van der Waals surface area contributed by atoms with Crippen molar-refractivity contribution in [2.24, 2.45) is 5.92 Å². The van der Waals surface area contributed by atoms with Crippen molar-refractivity contribution in [2.75, 3.05) is 5.32 Å². The quantitative estimate of drug-likeness (QED) is 0.889. The number of carboxylic acid groups (broad SMARTS) is 1. The molecule has 0 aliphatic heterocycles. The molecule has 0 unspecified atom stereocenters. The fourth-order valence-electron chi connectivity index (χ4n) is 2.43. The number of rotatable bonds is 4. The van der Waals surface area contributed by atoms with Crippen LogP contribution in [0.15, 0.2) is 6.33 Å². The second-order valence-electron chi connectivity index (χ2n) is 4.87. The minimum absolute atomic E-state index is 0.204. The van der Waals surface area contributed by atoms with Crippen LogP contribution in [0.3, 0.4) is 0 Å². The molecule has 6 heteroatoms. The van der Waals surface area contributed by atoms with Crippen molar-refractivity contribution in [3.05, 3.63) is 17.0 Å². The highest BCUT2D eigenvalue weighted by molar-refractivity contribution is 6.33. The molecule has 1 aromatic rings. The first-order chi connectivity index (χ1) is 9.11. The van der Waals surface area contributed by atoms with Crippen molar-refractivity contribution >= 4 is 23.4 Å². The standard InChI is InChI=1S/C13H18ClN3O2/c1-2-10-11(14)12(16-7-15-10)17-9-5-3-8(4-6-9)13(18)19/h7-9H,2-6H2,1H3,(H,18,19)(H,15,16,17)/t8-,9+. The van der Waals surface area contributed by atoms with Crippen molar-refractivity contribution in [3.8, 4) is 0 Å². The highest BCUT2D eigenvalue weighted by Crippen LogP contribution is 2.29. The van der Waals surface area contributed by atoms with Gasteiger partial charge in [-0.15, -0.1) is 0 Å². The lowest BCUT2D eigenvalue weighted by atomic mass is 9.86. The maximum atomic E-state index is 10.9. The summed E-state index contributed by atoms with van der Waals surface area (Å²) in [4.78, 5) is 19.2. The van der Waals surface area contributed by atoms with Crippen LogP contribution < -0.4 is 5.32 Å². The lowest BCUT2D eigenvalue weighted by molar-refractivity contribution is -0.142. The van der Waals surface area contributed by atoms with Gasteiger partial charge in [0.2, 0.25) is 0 Å². The van der Waals surface area contributed by atoms with E-state index in [1.807, 2.05) is 6.92 Å². The van der Waals surface area contributed by atoms with Crippen LogP contribution in [0.1, 0.15) is 38.3 Å². The third-order valence-electron chi connectivity index (χ3n) is 3.61. The van der Waals surface area contributed by atoms with Gasteiger partial charge in [0.25, 0.3) is 0 Å². The van der Waals surface area contributed by atoms with Crippen molar-refractivity contribution < 1.29 is 9.90 Å². The molecule has 0 amide bonds. The maximum absolute atomic E-state index is 10.9. The zero-order valence-corrected chi connectivity index (χ0v) is 11.7. The van der Waals surface area contributed by atoms with Crippen LogP contribution in [0.2, 0.25) is 5.02 Å². The second kappa shape index (κ2) is 6.19. The van der Waals surface area contributed by atoms with E-state index in [0.29, 0.717) is 23.7 Å². The number of nitrogens with one attached hydrogen (secondary N) is 1. The van der Waals surface area contributed by atoms with E-state index in [1.54, 1.807) is 0 Å². The summed E-state index contributed by atoms with van der Waals surface area (Å²) in [7, 11) is 0. The summed E-state index contributed by atoms with van der Waals surface area (Å²) in [6, 6.07) is 0.243. The van der Waals surface area contributed by atoms with Crippen molar-refractivity contribution in [1.82, 2.24) is 9.97 Å². The van der Waals surface area contributed by atoms with E-state index >= 15 is 0 Å². The van der Waals surface area contributed by atoms with E-state index in [0.717, 1.165) is 25.0 Å². The minimum atomic E-state index is -0.688. The average molecular weight is 284 g/mol. The molecular weight excluding hydrogens is 266 g/mol. The molecule has 0 saturated heterocycles. The molecule has 0 aromatic carbocycles. The molecule has 1 aromatic heterocycles. The first-order valence-corrected chi connectivity index (χ1v) is 6.98. The number of anilines is 1. The van der Waals surface area contributed by atoms with E-state index in [2.05, 4.69) is 15.3 Å². The summed E-state index contributed by atoms with van der Waals surface area (Å²) < 4.78 is 0. The Morgan fingerprint density at radius 2 is 2.11 bits per heavy atom. The van der Waals surface area contributed by atoms with Gasteiger partial charge in [-0.1, -0.05) is 18.5 Å². The van der Waals surface area contributed by atoms with E-state index in [9.17, 15) is 4.79 Å². The molecule has 2 rings (SSSR count). The SMILES string of the molecule is CCc1ncnc(N[C@H]2CC[C@@H](C(=O)O)CC2)c1Cl. The Balaban J connectivity index is 1.98. The predicted molar refractivity (Wildman–Crippen MR) is 73.4 cm³/mol. The maximum Gasteiger partial charge on any atom is 0.306 e. The Hall–Kier alpha value is -1.36. The monoisotopic (exact) mass is 283 g/mol. The van der Waals surface area contributed by atoms with Crippen LogP contribution >= 0.6 is 11.6 Å². The van der Waals surface area contributed by atoms with Gasteiger partial charge in [0, 0.05) is 6.04 Å². The first kappa shape index (κ1) is 14.1. The fraction of sp³-hybridized carbons (Fsp3) is 0.615. The lowest BCUT2D eigenvalue weighted by Crippen LogP contribution is -2.29. The Morgan fingerprint density at radius 1 is 1.42 bits per heavy atom. The summed E-state index contributed by atoms with van der Waals surface area (Å²) >= 11 is 6.23. The molecule has 0 atom stereocenters. The van der Waals surface area contributed by atoms with Crippen molar-refractivity contribution in [1.29, 1.82) is 0 Å². The molecule has 1 aliphatic rings. The highest BCUT2D eigenvalue weighted by Gasteiger charge is 2.26. The number of aryl methyl sites for hydroxylation is 1. The van der Waals surface area contributed by atoms with E-state index < -0.39 is 5.97 Å². The molecule has 2 N–H and O–H groups in total. The van der Waals surface area contributed by atoms with Crippen LogP contribution in [0.4, 0.5) is 5.82 Å². The zero-order chi connectivity index (χ0) is 13.8. The van der Waals surface area contributed by atoms with Crippen LogP contribution in [0, 0.1) is 5.92 Å². The predicted octanol–water partition coefficient (Wildman–Crippen LogP) is 2.75. The highest BCUT2D eigenvalue weighted by atomic mass is 35.5. The van der Waals surface area contributed by atoms with Crippen LogP contribution in [-0.2, 0) is 11.2 Å². The fourth-order valence-corrected chi connectivity index (χ4v) is 2.72. The molecule has 0 bridgehead atoms. The Kier molecular flexibility index (Phi) is 4.58. The number of hydrogen-bond donors (Lipinski definition) is 2. The summed E-state index contributed by atoms with van der Waals surface area (Å²) in [6.45, 7) is 2.00. The Bertz CT molecular complexity index is 459. The first-order valence-electron chi connectivity index (χ1n) is 6.60. The zero-order valence-electron chi connectivity index (χ0n) is 10.9.